The minimum Gasteiger partial charge on any atom is -0.516 e. The summed E-state index contributed by atoms with van der Waals surface area (Å²) < 4.78 is 0. The van der Waals surface area contributed by atoms with Crippen molar-refractivity contribution in [3.8, 4) is 0 Å². The first-order chi connectivity index (χ1) is 2.41. The van der Waals surface area contributed by atoms with Gasteiger partial charge in [-0.15, -0.1) is 0 Å². The Labute approximate surface area is 31.9 Å². The van der Waals surface area contributed by atoms with E-state index >= 15 is 0 Å². The molecule has 0 unspecified atom stereocenters. The summed E-state index contributed by atoms with van der Waals surface area (Å²) in [5.41, 5.74) is 0. The van der Waals surface area contributed by atoms with Crippen molar-refractivity contribution in [2.75, 3.05) is 0 Å². The van der Waals surface area contributed by atoms with Gasteiger partial charge >= 0.3 is 0 Å². The van der Waals surface area contributed by atoms with Crippen LogP contribution in [0.4, 0.5) is 0 Å². The van der Waals surface area contributed by atoms with Crippen LogP contribution in [0.5, 0.6) is 0 Å². The summed E-state index contributed by atoms with van der Waals surface area (Å²) >= 11 is 0. The molecule has 0 aromatic heterocycles. The normalized spacial score (nSPS) is 9.80. The van der Waals surface area contributed by atoms with Crippen LogP contribution in [0.3, 0.4) is 0 Å². The average molecular weight is 71.1 g/mol. The van der Waals surface area contributed by atoms with Gasteiger partial charge < -0.3 is 5.11 Å². The Morgan fingerprint density at radius 1 is 1.80 bits per heavy atom. The Balaban J connectivity index is 2.62. The predicted molar refractivity (Wildman–Crippen MR) is 21.7 cm³/mol. The highest BCUT2D eigenvalue weighted by atomic mass is 16.2. The van der Waals surface area contributed by atoms with Crippen LogP contribution in [0.1, 0.15) is 6.42 Å². The second-order valence-electron chi connectivity index (χ2n) is 0.673. The molecular formula is C4H7O. The summed E-state index contributed by atoms with van der Waals surface area (Å²) in [6.45, 7) is 3.43. The number of aliphatic hydroxyl groups is 1. The van der Waals surface area contributed by atoms with Crippen molar-refractivity contribution in [2.45, 2.75) is 6.42 Å². The highest BCUT2D eigenvalue weighted by molar-refractivity contribution is 4.71. The monoisotopic (exact) mass is 71.0 g/mol. The topological polar surface area (TPSA) is 20.2 Å². The molecular weight excluding hydrogens is 64.0 g/mol. The summed E-state index contributed by atoms with van der Waals surface area (Å²) in [4.78, 5) is 0. The lowest BCUT2D eigenvalue weighted by Gasteiger charge is -1.65. The van der Waals surface area contributed by atoms with Crippen molar-refractivity contribution in [3.63, 3.8) is 0 Å². The van der Waals surface area contributed by atoms with Gasteiger partial charge in [0.1, 0.15) is 0 Å². The van der Waals surface area contributed by atoms with Crippen molar-refractivity contribution in [2.24, 2.45) is 0 Å². The van der Waals surface area contributed by atoms with Gasteiger partial charge in [-0.25, -0.2) is 0 Å². The first-order valence-corrected chi connectivity index (χ1v) is 1.50. The number of aliphatic hydroxyl groups excluding tert-OH is 1. The fourth-order valence-corrected chi connectivity index (χ4v) is 0.0745. The highest BCUT2D eigenvalue weighted by Crippen LogP contribution is 1.70. The Kier molecular flexibility index (Phi) is 3.21. The van der Waals surface area contributed by atoms with Gasteiger partial charge in [0.05, 0.1) is 6.26 Å². The van der Waals surface area contributed by atoms with Crippen LogP contribution in [0, 0.1) is 6.92 Å². The molecule has 1 radical (unpaired) electrons. The van der Waals surface area contributed by atoms with E-state index in [0.717, 1.165) is 6.26 Å². The molecule has 1 nitrogen and oxygen atoms in total. The van der Waals surface area contributed by atoms with Crippen molar-refractivity contribution in [1.29, 1.82) is 0 Å². The molecule has 0 aliphatic carbocycles. The molecule has 0 aliphatic heterocycles. The largest absolute Gasteiger partial charge is 0.516 e. The van der Waals surface area contributed by atoms with Crippen molar-refractivity contribution in [1.82, 2.24) is 0 Å². The van der Waals surface area contributed by atoms with Crippen molar-refractivity contribution < 1.29 is 5.11 Å². The molecule has 1 heteroatoms. The molecule has 0 heterocycles. The molecule has 29 valence electrons. The summed E-state index contributed by atoms with van der Waals surface area (Å²) in [6.07, 6.45) is 3.23. The van der Waals surface area contributed by atoms with Crippen LogP contribution in [0.25, 0.3) is 0 Å². The van der Waals surface area contributed by atoms with Crippen LogP contribution < -0.4 is 0 Å². The maximum atomic E-state index is 7.85. The van der Waals surface area contributed by atoms with Gasteiger partial charge in [-0.05, 0) is 13.3 Å². The average Bonchev–Trinajstić information content (AvgIpc) is 1.41. The first-order valence-electron chi connectivity index (χ1n) is 1.50. The smallest absolute Gasteiger partial charge is 0.0751 e. The Hall–Kier alpha value is -0.460. The maximum Gasteiger partial charge on any atom is 0.0751 e. The Morgan fingerprint density at radius 3 is 2.40 bits per heavy atom. The molecule has 0 spiro atoms. The van der Waals surface area contributed by atoms with Gasteiger partial charge in [0.25, 0.3) is 0 Å². The fourth-order valence-electron chi connectivity index (χ4n) is 0.0745. The van der Waals surface area contributed by atoms with E-state index in [0.29, 0.717) is 6.42 Å². The molecule has 0 aliphatic rings. The second kappa shape index (κ2) is 3.54. The van der Waals surface area contributed by atoms with Crippen LogP contribution in [-0.2, 0) is 0 Å². The van der Waals surface area contributed by atoms with Gasteiger partial charge in [-0.1, -0.05) is 6.08 Å². The maximum absolute atomic E-state index is 7.85. The van der Waals surface area contributed by atoms with Gasteiger partial charge in [-0.3, -0.25) is 0 Å². The van der Waals surface area contributed by atoms with Crippen LogP contribution in [-0.4, -0.2) is 5.11 Å². The van der Waals surface area contributed by atoms with E-state index in [1.807, 2.05) is 0 Å². The van der Waals surface area contributed by atoms with E-state index in [4.69, 9.17) is 5.11 Å². The molecule has 1 N–H and O–H groups in total. The molecule has 0 aromatic rings. The Bertz CT molecular complexity index is 30.6. The summed E-state index contributed by atoms with van der Waals surface area (Å²) in [5, 5.41) is 7.85. The summed E-state index contributed by atoms with van der Waals surface area (Å²) in [5.74, 6) is 0. The molecule has 0 rings (SSSR count). The third-order valence-corrected chi connectivity index (χ3v) is 0.272. The molecule has 0 saturated carbocycles. The van der Waals surface area contributed by atoms with Crippen LogP contribution in [0.15, 0.2) is 12.3 Å². The van der Waals surface area contributed by atoms with E-state index in [1.165, 1.54) is 0 Å². The third kappa shape index (κ3) is 3.54. The lowest BCUT2D eigenvalue weighted by atomic mass is 10.5. The number of allylic oxidation sites excluding steroid dienone is 1. The van der Waals surface area contributed by atoms with Crippen LogP contribution in [0.2, 0.25) is 0 Å². The van der Waals surface area contributed by atoms with Crippen LogP contribution >= 0.6 is 0 Å². The molecule has 0 fully saturated rings. The molecule has 0 amide bonds. The number of rotatable bonds is 1. The van der Waals surface area contributed by atoms with Crippen molar-refractivity contribution in [3.05, 3.63) is 19.3 Å². The van der Waals surface area contributed by atoms with E-state index < -0.39 is 0 Å². The quantitative estimate of drug-likeness (QED) is 0.462. The minimum atomic E-state index is 0.663. The summed E-state index contributed by atoms with van der Waals surface area (Å²) in [6, 6.07) is 0. The standard InChI is InChI=1S/C4H7O/c1-2-3-4-5/h3-5H,1-2H2/b4-3+. The van der Waals surface area contributed by atoms with E-state index in [-0.39, 0.29) is 0 Å². The zero-order valence-electron chi connectivity index (χ0n) is 3.02. The molecule has 0 atom stereocenters. The third-order valence-electron chi connectivity index (χ3n) is 0.272. The fraction of sp³-hybridized carbons (Fsp3) is 0.250. The molecule has 0 bridgehead atoms. The van der Waals surface area contributed by atoms with Crippen molar-refractivity contribution >= 4 is 0 Å². The number of hydrogen-bond acceptors (Lipinski definition) is 1. The number of hydrogen-bond donors (Lipinski definition) is 1. The zero-order valence-corrected chi connectivity index (χ0v) is 3.02. The zero-order chi connectivity index (χ0) is 4.12. The van der Waals surface area contributed by atoms with Gasteiger partial charge in [0.15, 0.2) is 0 Å². The predicted octanol–water partition coefficient (Wildman–Crippen LogP) is 1.28. The lowest BCUT2D eigenvalue weighted by molar-refractivity contribution is 0.471. The molecule has 0 saturated heterocycles. The minimum absolute atomic E-state index is 0.663. The van der Waals surface area contributed by atoms with Gasteiger partial charge in [0, 0.05) is 0 Å². The highest BCUT2D eigenvalue weighted by Gasteiger charge is 1.54. The SMILES string of the molecule is [CH2]C/C=C/O. The van der Waals surface area contributed by atoms with Gasteiger partial charge in [0.2, 0.25) is 0 Å². The first kappa shape index (κ1) is 4.54. The van der Waals surface area contributed by atoms with Gasteiger partial charge in [-0.2, -0.15) is 0 Å². The second-order valence-corrected chi connectivity index (χ2v) is 0.673. The lowest BCUT2D eigenvalue weighted by Crippen LogP contribution is -1.48. The summed E-state index contributed by atoms with van der Waals surface area (Å²) in [7, 11) is 0. The van der Waals surface area contributed by atoms with E-state index in [9.17, 15) is 0 Å². The Morgan fingerprint density at radius 2 is 2.40 bits per heavy atom. The van der Waals surface area contributed by atoms with E-state index in [1.54, 1.807) is 6.08 Å². The molecule has 0 aromatic carbocycles. The van der Waals surface area contributed by atoms with E-state index in [2.05, 4.69) is 6.92 Å². The molecule has 5 heavy (non-hydrogen) atoms.